The van der Waals surface area contributed by atoms with Crippen LogP contribution in [-0.2, 0) is 9.59 Å². The van der Waals surface area contributed by atoms with Gasteiger partial charge in [-0.25, -0.2) is 0 Å². The average Bonchev–Trinajstić information content (AvgIpc) is 2.76. The summed E-state index contributed by atoms with van der Waals surface area (Å²) in [6, 6.07) is 0.127. The SMILES string of the molecule is CC(C)(N)C(C)(C)C(=O)N(CC(N)=O)C1CCCC1. The fourth-order valence-electron chi connectivity index (χ4n) is 2.39. The molecule has 1 aliphatic carbocycles. The van der Waals surface area contributed by atoms with E-state index in [0.29, 0.717) is 0 Å². The topological polar surface area (TPSA) is 89.4 Å². The van der Waals surface area contributed by atoms with Gasteiger partial charge in [-0.1, -0.05) is 12.8 Å². The van der Waals surface area contributed by atoms with Crippen LogP contribution in [0.25, 0.3) is 0 Å². The predicted molar refractivity (Wildman–Crippen MR) is 75.2 cm³/mol. The van der Waals surface area contributed by atoms with Gasteiger partial charge >= 0.3 is 0 Å². The Morgan fingerprint density at radius 1 is 1.16 bits per heavy atom. The van der Waals surface area contributed by atoms with Crippen molar-refractivity contribution in [1.29, 1.82) is 0 Å². The lowest BCUT2D eigenvalue weighted by molar-refractivity contribution is -0.148. The van der Waals surface area contributed by atoms with Gasteiger partial charge in [-0.2, -0.15) is 0 Å². The van der Waals surface area contributed by atoms with Crippen LogP contribution >= 0.6 is 0 Å². The Morgan fingerprint density at radius 2 is 1.63 bits per heavy atom. The first-order valence-electron chi connectivity index (χ1n) is 6.95. The van der Waals surface area contributed by atoms with E-state index in [4.69, 9.17) is 11.5 Å². The molecule has 0 aromatic carbocycles. The summed E-state index contributed by atoms with van der Waals surface area (Å²) in [5, 5.41) is 0. The summed E-state index contributed by atoms with van der Waals surface area (Å²) in [7, 11) is 0. The highest BCUT2D eigenvalue weighted by molar-refractivity contribution is 5.88. The number of carbonyl (C=O) groups is 2. The second-order valence-corrected chi connectivity index (χ2v) is 6.68. The molecule has 0 aromatic rings. The molecule has 5 heteroatoms. The molecule has 4 N–H and O–H groups in total. The van der Waals surface area contributed by atoms with Crippen LogP contribution in [0.2, 0.25) is 0 Å². The summed E-state index contributed by atoms with van der Waals surface area (Å²) in [6.07, 6.45) is 4.08. The van der Waals surface area contributed by atoms with Crippen molar-refractivity contribution in [1.82, 2.24) is 4.90 Å². The van der Waals surface area contributed by atoms with Crippen molar-refractivity contribution in [3.63, 3.8) is 0 Å². The Labute approximate surface area is 115 Å². The molecule has 0 atom stereocenters. The van der Waals surface area contributed by atoms with Gasteiger partial charge in [0.25, 0.3) is 0 Å². The van der Waals surface area contributed by atoms with E-state index in [1.165, 1.54) is 0 Å². The van der Waals surface area contributed by atoms with Crippen molar-refractivity contribution in [2.45, 2.75) is 65.0 Å². The molecular formula is C14H27N3O2. The van der Waals surface area contributed by atoms with Crippen LogP contribution in [0.4, 0.5) is 0 Å². The molecule has 0 bridgehead atoms. The average molecular weight is 269 g/mol. The van der Waals surface area contributed by atoms with Crippen LogP contribution in [0, 0.1) is 5.41 Å². The van der Waals surface area contributed by atoms with Gasteiger partial charge in [-0.15, -0.1) is 0 Å². The molecule has 1 fully saturated rings. The third kappa shape index (κ3) is 3.47. The summed E-state index contributed by atoms with van der Waals surface area (Å²) in [5.41, 5.74) is 10.0. The predicted octanol–water partition coefficient (Wildman–Crippen LogP) is 1.01. The monoisotopic (exact) mass is 269 g/mol. The molecule has 1 rings (SSSR count). The molecule has 0 saturated heterocycles. The van der Waals surface area contributed by atoms with Gasteiger partial charge in [0, 0.05) is 11.6 Å². The van der Waals surface area contributed by atoms with Crippen molar-refractivity contribution in [3.05, 3.63) is 0 Å². The molecule has 1 aliphatic rings. The van der Waals surface area contributed by atoms with Crippen LogP contribution in [0.1, 0.15) is 53.4 Å². The Kier molecular flexibility index (Phi) is 4.61. The Morgan fingerprint density at radius 3 is 2.00 bits per heavy atom. The van der Waals surface area contributed by atoms with Crippen LogP contribution in [0.15, 0.2) is 0 Å². The van der Waals surface area contributed by atoms with E-state index in [1.54, 1.807) is 4.90 Å². The minimum Gasteiger partial charge on any atom is -0.368 e. The zero-order valence-corrected chi connectivity index (χ0v) is 12.5. The van der Waals surface area contributed by atoms with Crippen molar-refractivity contribution < 1.29 is 9.59 Å². The van der Waals surface area contributed by atoms with E-state index in [0.717, 1.165) is 25.7 Å². The van der Waals surface area contributed by atoms with E-state index < -0.39 is 16.9 Å². The number of nitrogens with two attached hydrogens (primary N) is 2. The zero-order chi connectivity index (χ0) is 14.8. The highest BCUT2D eigenvalue weighted by Crippen LogP contribution is 2.33. The molecule has 0 aliphatic heterocycles. The number of hydrogen-bond acceptors (Lipinski definition) is 3. The maximum Gasteiger partial charge on any atom is 0.237 e. The van der Waals surface area contributed by atoms with Gasteiger partial charge in [0.15, 0.2) is 0 Å². The molecule has 0 aromatic heterocycles. The number of carbonyl (C=O) groups excluding carboxylic acids is 2. The van der Waals surface area contributed by atoms with E-state index in [1.807, 2.05) is 27.7 Å². The maximum absolute atomic E-state index is 12.8. The largest absolute Gasteiger partial charge is 0.368 e. The molecule has 19 heavy (non-hydrogen) atoms. The number of hydrogen-bond donors (Lipinski definition) is 2. The molecule has 2 amide bonds. The van der Waals surface area contributed by atoms with Gasteiger partial charge in [-0.3, -0.25) is 9.59 Å². The fraction of sp³-hybridized carbons (Fsp3) is 0.857. The molecule has 110 valence electrons. The minimum atomic E-state index is -0.731. The number of nitrogens with zero attached hydrogens (tertiary/aromatic N) is 1. The number of rotatable bonds is 5. The highest BCUT2D eigenvalue weighted by Gasteiger charge is 2.44. The Balaban J connectivity index is 2.97. The summed E-state index contributed by atoms with van der Waals surface area (Å²) in [5.74, 6) is -0.545. The second-order valence-electron chi connectivity index (χ2n) is 6.68. The van der Waals surface area contributed by atoms with Crippen LogP contribution in [0.5, 0.6) is 0 Å². The second kappa shape index (κ2) is 5.49. The van der Waals surface area contributed by atoms with Crippen molar-refractivity contribution in [2.75, 3.05) is 6.54 Å². The van der Waals surface area contributed by atoms with Gasteiger partial charge < -0.3 is 16.4 Å². The summed E-state index contributed by atoms with van der Waals surface area (Å²) in [6.45, 7) is 7.32. The van der Waals surface area contributed by atoms with Crippen molar-refractivity contribution >= 4 is 11.8 Å². The molecule has 0 radical (unpaired) electrons. The lowest BCUT2D eigenvalue weighted by atomic mass is 9.74. The van der Waals surface area contributed by atoms with Gasteiger partial charge in [0.1, 0.15) is 0 Å². The lowest BCUT2D eigenvalue weighted by Gasteiger charge is -2.42. The number of amides is 2. The van der Waals surface area contributed by atoms with Crippen LogP contribution in [-0.4, -0.2) is 34.8 Å². The fourth-order valence-corrected chi connectivity index (χ4v) is 2.39. The number of primary amides is 1. The minimum absolute atomic E-state index is 0.0109. The standard InChI is InChI=1S/C14H27N3O2/c1-13(2,14(3,4)16)12(19)17(9-11(15)18)10-7-5-6-8-10/h10H,5-9,16H2,1-4H3,(H2,15,18). The lowest BCUT2D eigenvalue weighted by Crippen LogP contribution is -2.59. The molecule has 5 nitrogen and oxygen atoms in total. The molecule has 0 heterocycles. The highest BCUT2D eigenvalue weighted by atomic mass is 16.2. The van der Waals surface area contributed by atoms with Crippen molar-refractivity contribution in [2.24, 2.45) is 16.9 Å². The first-order chi connectivity index (χ1) is 8.57. The third-order valence-electron chi connectivity index (χ3n) is 4.50. The van der Waals surface area contributed by atoms with E-state index in [-0.39, 0.29) is 18.5 Å². The van der Waals surface area contributed by atoms with Gasteiger partial charge in [0.2, 0.25) is 11.8 Å². The first-order valence-corrected chi connectivity index (χ1v) is 6.95. The summed E-state index contributed by atoms with van der Waals surface area (Å²) in [4.78, 5) is 25.7. The quantitative estimate of drug-likeness (QED) is 0.780. The third-order valence-corrected chi connectivity index (χ3v) is 4.50. The van der Waals surface area contributed by atoms with Crippen LogP contribution in [0.3, 0.4) is 0 Å². The summed E-state index contributed by atoms with van der Waals surface area (Å²) >= 11 is 0. The normalized spacial score (nSPS) is 17.5. The molecule has 0 unspecified atom stereocenters. The van der Waals surface area contributed by atoms with Crippen LogP contribution < -0.4 is 11.5 Å². The maximum atomic E-state index is 12.8. The van der Waals surface area contributed by atoms with E-state index in [9.17, 15) is 9.59 Å². The van der Waals surface area contributed by atoms with Crippen molar-refractivity contribution in [3.8, 4) is 0 Å². The van der Waals surface area contributed by atoms with Gasteiger partial charge in [0.05, 0.1) is 12.0 Å². The van der Waals surface area contributed by atoms with E-state index >= 15 is 0 Å². The summed E-state index contributed by atoms with van der Waals surface area (Å²) < 4.78 is 0. The molecule has 1 saturated carbocycles. The van der Waals surface area contributed by atoms with E-state index in [2.05, 4.69) is 0 Å². The first kappa shape index (κ1) is 16.0. The Bertz CT molecular complexity index is 352. The van der Waals surface area contributed by atoms with Gasteiger partial charge in [-0.05, 0) is 40.5 Å². The molecule has 0 spiro atoms. The molecular weight excluding hydrogens is 242 g/mol. The zero-order valence-electron chi connectivity index (χ0n) is 12.5. The smallest absolute Gasteiger partial charge is 0.237 e. The Hall–Kier alpha value is -1.10.